The SMILES string of the molecule is CCCC(NC(=O)c1cc(F)cc([N+](=O)[O-])c1F)C(=O)O. The molecule has 0 heterocycles. The van der Waals surface area contributed by atoms with E-state index in [1.807, 2.05) is 5.32 Å². The fourth-order valence-electron chi connectivity index (χ4n) is 1.65. The quantitative estimate of drug-likeness (QED) is 0.615. The van der Waals surface area contributed by atoms with Gasteiger partial charge in [0.05, 0.1) is 16.6 Å². The van der Waals surface area contributed by atoms with Crippen molar-refractivity contribution in [1.82, 2.24) is 5.32 Å². The Balaban J connectivity index is 3.12. The van der Waals surface area contributed by atoms with E-state index in [1.165, 1.54) is 0 Å². The number of halogens is 2. The molecule has 7 nitrogen and oxygen atoms in total. The van der Waals surface area contributed by atoms with Gasteiger partial charge in [0.15, 0.2) is 0 Å². The number of nitro benzene ring substituents is 1. The Morgan fingerprint density at radius 3 is 2.52 bits per heavy atom. The minimum atomic E-state index is -1.51. The van der Waals surface area contributed by atoms with Gasteiger partial charge < -0.3 is 10.4 Å². The molecule has 1 amide bonds. The monoisotopic (exact) mass is 302 g/mol. The van der Waals surface area contributed by atoms with Crippen molar-refractivity contribution >= 4 is 17.6 Å². The number of hydrogen-bond donors (Lipinski definition) is 2. The Kier molecular flexibility index (Phi) is 5.28. The molecule has 0 aromatic heterocycles. The molecular weight excluding hydrogens is 290 g/mol. The van der Waals surface area contributed by atoms with Crippen LogP contribution in [-0.2, 0) is 4.79 Å². The molecule has 2 N–H and O–H groups in total. The summed E-state index contributed by atoms with van der Waals surface area (Å²) in [6, 6.07) is -0.473. The topological polar surface area (TPSA) is 110 Å². The van der Waals surface area contributed by atoms with Crippen LogP contribution in [-0.4, -0.2) is 27.9 Å². The standard InChI is InChI=1S/C12H12F2N2O5/c1-2-3-8(12(18)19)15-11(17)7-4-6(13)5-9(10(7)14)16(20)21/h4-5,8H,2-3H2,1H3,(H,15,17)(H,18,19). The van der Waals surface area contributed by atoms with E-state index in [9.17, 15) is 28.5 Å². The van der Waals surface area contributed by atoms with Gasteiger partial charge in [-0.15, -0.1) is 0 Å². The highest BCUT2D eigenvalue weighted by atomic mass is 19.1. The van der Waals surface area contributed by atoms with Crippen molar-refractivity contribution in [3.8, 4) is 0 Å². The van der Waals surface area contributed by atoms with Crippen molar-refractivity contribution in [3.05, 3.63) is 39.4 Å². The Morgan fingerprint density at radius 2 is 2.05 bits per heavy atom. The van der Waals surface area contributed by atoms with E-state index in [-0.39, 0.29) is 6.42 Å². The van der Waals surface area contributed by atoms with Crippen LogP contribution < -0.4 is 5.32 Å². The van der Waals surface area contributed by atoms with Crippen LogP contribution in [0.4, 0.5) is 14.5 Å². The van der Waals surface area contributed by atoms with Crippen LogP contribution in [0.15, 0.2) is 12.1 Å². The van der Waals surface area contributed by atoms with Gasteiger partial charge >= 0.3 is 11.7 Å². The summed E-state index contributed by atoms with van der Waals surface area (Å²) in [5.41, 5.74) is -2.11. The molecule has 0 spiro atoms. The summed E-state index contributed by atoms with van der Waals surface area (Å²) >= 11 is 0. The number of nitrogens with one attached hydrogen (secondary N) is 1. The Labute approximate surface area is 117 Å². The van der Waals surface area contributed by atoms with Crippen molar-refractivity contribution in [2.24, 2.45) is 0 Å². The minimum Gasteiger partial charge on any atom is -0.480 e. The van der Waals surface area contributed by atoms with E-state index >= 15 is 0 Å². The molecule has 114 valence electrons. The van der Waals surface area contributed by atoms with Gasteiger partial charge in [-0.3, -0.25) is 14.9 Å². The van der Waals surface area contributed by atoms with Gasteiger partial charge in [-0.05, 0) is 12.5 Å². The number of carbonyl (C=O) groups is 2. The summed E-state index contributed by atoms with van der Waals surface area (Å²) in [7, 11) is 0. The Hall–Kier alpha value is -2.58. The number of carbonyl (C=O) groups excluding carboxylic acids is 1. The predicted octanol–water partition coefficient (Wildman–Crippen LogP) is 1.86. The van der Waals surface area contributed by atoms with Gasteiger partial charge in [0.25, 0.3) is 5.91 Å². The van der Waals surface area contributed by atoms with E-state index in [1.54, 1.807) is 6.92 Å². The first-order valence-corrected chi connectivity index (χ1v) is 5.95. The first kappa shape index (κ1) is 16.5. The number of aliphatic carboxylic acids is 1. The Morgan fingerprint density at radius 1 is 1.43 bits per heavy atom. The molecule has 21 heavy (non-hydrogen) atoms. The fourth-order valence-corrected chi connectivity index (χ4v) is 1.65. The molecular formula is C12H12F2N2O5. The lowest BCUT2D eigenvalue weighted by Gasteiger charge is -2.13. The van der Waals surface area contributed by atoms with E-state index in [4.69, 9.17) is 5.11 Å². The molecule has 0 saturated heterocycles. The first-order chi connectivity index (χ1) is 9.77. The van der Waals surface area contributed by atoms with E-state index in [0.29, 0.717) is 18.6 Å². The zero-order valence-corrected chi connectivity index (χ0v) is 10.9. The molecule has 0 fully saturated rings. The summed E-state index contributed by atoms with van der Waals surface area (Å²) in [4.78, 5) is 32.1. The molecule has 1 unspecified atom stereocenters. The van der Waals surface area contributed by atoms with Gasteiger partial charge in [-0.1, -0.05) is 13.3 Å². The molecule has 9 heteroatoms. The average molecular weight is 302 g/mol. The van der Waals surface area contributed by atoms with Crippen molar-refractivity contribution in [2.45, 2.75) is 25.8 Å². The van der Waals surface area contributed by atoms with Crippen molar-refractivity contribution in [2.75, 3.05) is 0 Å². The summed E-state index contributed by atoms with van der Waals surface area (Å²) < 4.78 is 27.0. The molecule has 1 aromatic carbocycles. The summed E-state index contributed by atoms with van der Waals surface area (Å²) in [5, 5.41) is 21.4. The third-order valence-electron chi connectivity index (χ3n) is 2.64. The molecule has 0 aliphatic heterocycles. The lowest BCUT2D eigenvalue weighted by Crippen LogP contribution is -2.41. The number of rotatable bonds is 6. The third kappa shape index (κ3) is 3.94. The lowest BCUT2D eigenvalue weighted by atomic mass is 10.1. The molecule has 1 aromatic rings. The molecule has 0 radical (unpaired) electrons. The fraction of sp³-hybridized carbons (Fsp3) is 0.333. The highest BCUT2D eigenvalue weighted by Gasteiger charge is 2.27. The number of carboxylic acid groups (broad SMARTS) is 1. The van der Waals surface area contributed by atoms with Gasteiger partial charge in [0.2, 0.25) is 5.82 Å². The van der Waals surface area contributed by atoms with Crippen LogP contribution in [0.25, 0.3) is 0 Å². The van der Waals surface area contributed by atoms with Crippen LogP contribution >= 0.6 is 0 Å². The first-order valence-electron chi connectivity index (χ1n) is 5.95. The zero-order valence-electron chi connectivity index (χ0n) is 10.9. The smallest absolute Gasteiger partial charge is 0.326 e. The maximum atomic E-state index is 13.8. The second-order valence-electron chi connectivity index (χ2n) is 4.20. The highest BCUT2D eigenvalue weighted by molar-refractivity contribution is 5.97. The molecule has 0 saturated carbocycles. The highest BCUT2D eigenvalue weighted by Crippen LogP contribution is 2.22. The number of hydrogen-bond acceptors (Lipinski definition) is 4. The maximum Gasteiger partial charge on any atom is 0.326 e. The molecule has 0 bridgehead atoms. The molecule has 1 rings (SSSR count). The summed E-state index contributed by atoms with van der Waals surface area (Å²) in [5.74, 6) is -5.25. The number of benzene rings is 1. The summed E-state index contributed by atoms with van der Waals surface area (Å²) in [6.07, 6.45) is 0.517. The lowest BCUT2D eigenvalue weighted by molar-refractivity contribution is -0.387. The van der Waals surface area contributed by atoms with Crippen molar-refractivity contribution in [1.29, 1.82) is 0 Å². The van der Waals surface area contributed by atoms with Crippen LogP contribution in [0.1, 0.15) is 30.1 Å². The van der Waals surface area contributed by atoms with Crippen molar-refractivity contribution in [3.63, 3.8) is 0 Å². The van der Waals surface area contributed by atoms with Gasteiger partial charge in [0.1, 0.15) is 11.9 Å². The normalized spacial score (nSPS) is 11.8. The predicted molar refractivity (Wildman–Crippen MR) is 66.8 cm³/mol. The minimum absolute atomic E-state index is 0.0834. The number of nitro groups is 1. The van der Waals surface area contributed by atoms with E-state index in [0.717, 1.165) is 0 Å². The van der Waals surface area contributed by atoms with Gasteiger partial charge in [-0.25, -0.2) is 9.18 Å². The number of amides is 1. The second kappa shape index (κ2) is 6.73. The molecule has 0 aliphatic carbocycles. The van der Waals surface area contributed by atoms with Crippen molar-refractivity contribution < 1.29 is 28.4 Å². The van der Waals surface area contributed by atoms with Crippen LogP contribution in [0.3, 0.4) is 0 Å². The largest absolute Gasteiger partial charge is 0.480 e. The Bertz CT molecular complexity index is 591. The maximum absolute atomic E-state index is 13.8. The van der Waals surface area contributed by atoms with Gasteiger partial charge in [0, 0.05) is 0 Å². The van der Waals surface area contributed by atoms with Crippen LogP contribution in [0.5, 0.6) is 0 Å². The molecule has 0 aliphatic rings. The van der Waals surface area contributed by atoms with Crippen LogP contribution in [0.2, 0.25) is 0 Å². The second-order valence-corrected chi connectivity index (χ2v) is 4.20. The number of carboxylic acids is 1. The van der Waals surface area contributed by atoms with Crippen LogP contribution in [0, 0.1) is 21.7 Å². The van der Waals surface area contributed by atoms with E-state index < -0.39 is 45.7 Å². The average Bonchev–Trinajstić information content (AvgIpc) is 2.39. The zero-order chi connectivity index (χ0) is 16.2. The van der Waals surface area contributed by atoms with Gasteiger partial charge in [-0.2, -0.15) is 4.39 Å². The molecule has 1 atom stereocenters. The number of nitrogens with zero attached hydrogens (tertiary/aromatic N) is 1. The summed E-state index contributed by atoms with van der Waals surface area (Å²) in [6.45, 7) is 1.68. The van der Waals surface area contributed by atoms with E-state index in [2.05, 4.69) is 0 Å². The third-order valence-corrected chi connectivity index (χ3v) is 2.64.